The molecule has 0 radical (unpaired) electrons. The highest BCUT2D eigenvalue weighted by molar-refractivity contribution is 7.99. The van der Waals surface area contributed by atoms with E-state index in [9.17, 15) is 0 Å². The van der Waals surface area contributed by atoms with Gasteiger partial charge in [-0.15, -0.1) is 28.2 Å². The van der Waals surface area contributed by atoms with Gasteiger partial charge in [-0.05, 0) is 42.6 Å². The molecule has 1 atom stereocenters. The number of aryl methyl sites for hydroxylation is 1. The molecule has 2 aromatic heterocycles. The van der Waals surface area contributed by atoms with Crippen molar-refractivity contribution in [2.24, 2.45) is 0 Å². The van der Waals surface area contributed by atoms with E-state index in [4.69, 9.17) is 17.3 Å². The van der Waals surface area contributed by atoms with Gasteiger partial charge in [0.15, 0.2) is 0 Å². The Labute approximate surface area is 160 Å². The first-order valence-electron chi connectivity index (χ1n) is 7.70. The van der Waals surface area contributed by atoms with Crippen LogP contribution in [0.4, 0.5) is 5.95 Å². The highest BCUT2D eigenvalue weighted by Gasteiger charge is 2.11. The second kappa shape index (κ2) is 8.47. The molecule has 2 N–H and O–H groups in total. The molecule has 3 rings (SSSR count). The van der Waals surface area contributed by atoms with E-state index in [0.29, 0.717) is 6.42 Å². The molecule has 1 unspecified atom stereocenters. The Kier molecular flexibility index (Phi) is 6.07. The standard InChI is InChI=1S/C18H17ClN4S2/c1-12-15(21-18(20)23-22-12)4-2-5-17(16-6-3-11-24-16)25-14-9-7-13(19)8-10-14/h2-3,5-11,17H,4H2,1H3,(H2,20,21,23)/b5-2+. The van der Waals surface area contributed by atoms with Crippen molar-refractivity contribution in [2.75, 3.05) is 5.73 Å². The van der Waals surface area contributed by atoms with E-state index in [1.54, 1.807) is 23.1 Å². The molecular weight excluding hydrogens is 372 g/mol. The molecule has 0 spiro atoms. The van der Waals surface area contributed by atoms with Gasteiger partial charge in [0, 0.05) is 21.2 Å². The molecule has 7 heteroatoms. The van der Waals surface area contributed by atoms with Crippen LogP contribution in [0, 0.1) is 6.92 Å². The SMILES string of the molecule is Cc1nnc(N)nc1C/C=C/C(Sc1ccc(Cl)cc1)c1cccs1. The molecular formula is C18H17ClN4S2. The summed E-state index contributed by atoms with van der Waals surface area (Å²) in [6.07, 6.45) is 4.99. The lowest BCUT2D eigenvalue weighted by molar-refractivity contribution is 0.889. The zero-order valence-corrected chi connectivity index (χ0v) is 16.0. The molecule has 0 saturated heterocycles. The number of halogens is 1. The Bertz CT molecular complexity index is 848. The lowest BCUT2D eigenvalue weighted by Crippen LogP contribution is -2.04. The molecule has 0 bridgehead atoms. The number of hydrogen-bond donors (Lipinski definition) is 1. The number of nitrogens with zero attached hydrogens (tertiary/aromatic N) is 3. The quantitative estimate of drug-likeness (QED) is 0.469. The third kappa shape index (κ3) is 5.04. The first-order chi connectivity index (χ1) is 12.1. The Morgan fingerprint density at radius 2 is 2.04 bits per heavy atom. The predicted molar refractivity (Wildman–Crippen MR) is 106 cm³/mol. The zero-order chi connectivity index (χ0) is 17.6. The second-order valence-electron chi connectivity index (χ2n) is 5.34. The van der Waals surface area contributed by atoms with Gasteiger partial charge in [0.05, 0.1) is 16.6 Å². The number of thiophene rings is 1. The highest BCUT2D eigenvalue weighted by atomic mass is 35.5. The molecule has 25 heavy (non-hydrogen) atoms. The lowest BCUT2D eigenvalue weighted by Gasteiger charge is -2.11. The van der Waals surface area contributed by atoms with Crippen molar-refractivity contribution in [3.05, 3.63) is 75.2 Å². The molecule has 0 saturated carbocycles. The van der Waals surface area contributed by atoms with E-state index < -0.39 is 0 Å². The molecule has 0 aliphatic carbocycles. The Balaban J connectivity index is 1.75. The summed E-state index contributed by atoms with van der Waals surface area (Å²) in [7, 11) is 0. The van der Waals surface area contributed by atoms with E-state index in [2.05, 4.69) is 44.8 Å². The molecule has 0 fully saturated rings. The number of anilines is 1. The van der Waals surface area contributed by atoms with Gasteiger partial charge < -0.3 is 5.73 Å². The van der Waals surface area contributed by atoms with Crippen molar-refractivity contribution in [3.63, 3.8) is 0 Å². The molecule has 2 heterocycles. The molecule has 1 aromatic carbocycles. The maximum absolute atomic E-state index is 5.98. The zero-order valence-electron chi connectivity index (χ0n) is 13.6. The summed E-state index contributed by atoms with van der Waals surface area (Å²) in [6, 6.07) is 12.1. The van der Waals surface area contributed by atoms with Crippen LogP contribution in [0.3, 0.4) is 0 Å². The summed E-state index contributed by atoms with van der Waals surface area (Å²) in [5.41, 5.74) is 7.28. The largest absolute Gasteiger partial charge is 0.366 e. The number of aromatic nitrogens is 3. The predicted octanol–water partition coefficient (Wildman–Crippen LogP) is 5.11. The number of benzene rings is 1. The van der Waals surface area contributed by atoms with E-state index in [0.717, 1.165) is 16.4 Å². The number of nitrogens with two attached hydrogens (primary N) is 1. The van der Waals surface area contributed by atoms with Crippen molar-refractivity contribution in [3.8, 4) is 0 Å². The van der Waals surface area contributed by atoms with Gasteiger partial charge in [-0.25, -0.2) is 4.98 Å². The van der Waals surface area contributed by atoms with Crippen LogP contribution in [0.5, 0.6) is 0 Å². The lowest BCUT2D eigenvalue weighted by atomic mass is 10.2. The van der Waals surface area contributed by atoms with Crippen LogP contribution < -0.4 is 5.73 Å². The van der Waals surface area contributed by atoms with Gasteiger partial charge in [0.1, 0.15) is 0 Å². The Hall–Kier alpha value is -1.89. The summed E-state index contributed by atoms with van der Waals surface area (Å²) >= 11 is 9.52. The van der Waals surface area contributed by atoms with Gasteiger partial charge in [-0.2, -0.15) is 5.10 Å². The molecule has 3 aromatic rings. The van der Waals surface area contributed by atoms with E-state index in [-0.39, 0.29) is 11.2 Å². The second-order valence-corrected chi connectivity index (χ2v) is 7.97. The molecule has 128 valence electrons. The minimum Gasteiger partial charge on any atom is -0.366 e. The maximum Gasteiger partial charge on any atom is 0.240 e. The van der Waals surface area contributed by atoms with E-state index in [1.165, 1.54) is 9.77 Å². The van der Waals surface area contributed by atoms with Gasteiger partial charge in [-0.3, -0.25) is 0 Å². The number of thioether (sulfide) groups is 1. The minimum absolute atomic E-state index is 0.208. The maximum atomic E-state index is 5.98. The van der Waals surface area contributed by atoms with Crippen LogP contribution in [0.25, 0.3) is 0 Å². The Morgan fingerprint density at radius 3 is 2.76 bits per heavy atom. The van der Waals surface area contributed by atoms with Crippen LogP contribution in [-0.2, 0) is 6.42 Å². The summed E-state index contributed by atoms with van der Waals surface area (Å²) in [4.78, 5) is 6.74. The molecule has 4 nitrogen and oxygen atoms in total. The van der Waals surface area contributed by atoms with Crippen molar-refractivity contribution in [1.29, 1.82) is 0 Å². The average Bonchev–Trinajstić information content (AvgIpc) is 3.13. The summed E-state index contributed by atoms with van der Waals surface area (Å²) in [5, 5.41) is 10.9. The average molecular weight is 389 g/mol. The smallest absolute Gasteiger partial charge is 0.240 e. The van der Waals surface area contributed by atoms with Crippen molar-refractivity contribution < 1.29 is 0 Å². The van der Waals surface area contributed by atoms with Crippen molar-refractivity contribution in [1.82, 2.24) is 15.2 Å². The first kappa shape index (κ1) is 17.9. The fraction of sp³-hybridized carbons (Fsp3) is 0.167. The molecule has 0 aliphatic rings. The van der Waals surface area contributed by atoms with Crippen LogP contribution in [-0.4, -0.2) is 15.2 Å². The number of nitrogen functional groups attached to an aromatic ring is 1. The van der Waals surface area contributed by atoms with E-state index in [1.807, 2.05) is 31.2 Å². The van der Waals surface area contributed by atoms with Gasteiger partial charge in [0.2, 0.25) is 5.95 Å². The fourth-order valence-corrected chi connectivity index (χ4v) is 4.32. The van der Waals surface area contributed by atoms with Gasteiger partial charge in [0.25, 0.3) is 0 Å². The van der Waals surface area contributed by atoms with Crippen LogP contribution >= 0.6 is 34.7 Å². The van der Waals surface area contributed by atoms with Gasteiger partial charge in [-0.1, -0.05) is 29.8 Å². The highest BCUT2D eigenvalue weighted by Crippen LogP contribution is 2.38. The number of hydrogen-bond acceptors (Lipinski definition) is 6. The van der Waals surface area contributed by atoms with Gasteiger partial charge >= 0.3 is 0 Å². The number of allylic oxidation sites excluding steroid dienone is 1. The number of rotatable bonds is 6. The third-order valence-corrected chi connectivity index (χ3v) is 6.06. The topological polar surface area (TPSA) is 64.7 Å². The summed E-state index contributed by atoms with van der Waals surface area (Å²) in [6.45, 7) is 1.89. The first-order valence-corrected chi connectivity index (χ1v) is 9.83. The van der Waals surface area contributed by atoms with Crippen LogP contribution in [0.1, 0.15) is 21.5 Å². The minimum atomic E-state index is 0.208. The van der Waals surface area contributed by atoms with Crippen LogP contribution in [0.2, 0.25) is 5.02 Å². The fourth-order valence-electron chi connectivity index (χ4n) is 2.23. The van der Waals surface area contributed by atoms with E-state index >= 15 is 0 Å². The van der Waals surface area contributed by atoms with Crippen molar-refractivity contribution >= 4 is 40.6 Å². The molecule has 0 amide bonds. The van der Waals surface area contributed by atoms with Crippen molar-refractivity contribution in [2.45, 2.75) is 23.5 Å². The van der Waals surface area contributed by atoms with Crippen LogP contribution in [0.15, 0.2) is 58.8 Å². The summed E-state index contributed by atoms with van der Waals surface area (Å²) in [5.74, 6) is 0.208. The summed E-state index contributed by atoms with van der Waals surface area (Å²) < 4.78 is 0. The monoisotopic (exact) mass is 388 g/mol. The third-order valence-electron chi connectivity index (χ3n) is 3.49. The molecule has 0 aliphatic heterocycles. The normalized spacial score (nSPS) is 12.6. The Morgan fingerprint density at radius 1 is 1.24 bits per heavy atom.